The van der Waals surface area contributed by atoms with Crippen LogP contribution in [0.5, 0.6) is 0 Å². The third-order valence-electron chi connectivity index (χ3n) is 3.98. The molecule has 24 heavy (non-hydrogen) atoms. The Morgan fingerprint density at radius 3 is 3.04 bits per heavy atom. The van der Waals surface area contributed by atoms with Gasteiger partial charge in [-0.05, 0) is 33.2 Å². The standard InChI is InChI=1S/C17H24N4O2S/c1-12-4-5-14(24-12)8-16(22)21-6-7-23-15(11-21)17-18-9-13(19-17)10-20(2)3/h4-5,9,15H,6-8,10-11H2,1-3H3,(H,18,19)/t15-/m1/s1. The average molecular weight is 348 g/mol. The molecule has 2 aromatic rings. The molecule has 1 atom stereocenters. The number of aryl methyl sites for hydroxylation is 1. The molecule has 1 amide bonds. The lowest BCUT2D eigenvalue weighted by Crippen LogP contribution is -2.43. The molecule has 0 bridgehead atoms. The molecule has 0 aromatic carbocycles. The van der Waals surface area contributed by atoms with Crippen LogP contribution in [0.2, 0.25) is 0 Å². The quantitative estimate of drug-likeness (QED) is 0.898. The van der Waals surface area contributed by atoms with Crippen LogP contribution in [-0.4, -0.2) is 59.5 Å². The van der Waals surface area contributed by atoms with E-state index >= 15 is 0 Å². The topological polar surface area (TPSA) is 61.5 Å². The van der Waals surface area contributed by atoms with Crippen molar-refractivity contribution in [1.82, 2.24) is 19.8 Å². The van der Waals surface area contributed by atoms with Gasteiger partial charge in [-0.25, -0.2) is 4.98 Å². The lowest BCUT2D eigenvalue weighted by molar-refractivity contribution is -0.138. The number of ether oxygens (including phenoxy) is 1. The Morgan fingerprint density at radius 2 is 2.33 bits per heavy atom. The van der Waals surface area contributed by atoms with Crippen LogP contribution in [0.1, 0.15) is 27.4 Å². The Morgan fingerprint density at radius 1 is 1.50 bits per heavy atom. The number of morpholine rings is 1. The Balaban J connectivity index is 1.61. The van der Waals surface area contributed by atoms with E-state index in [1.165, 1.54) is 4.88 Å². The highest BCUT2D eigenvalue weighted by Crippen LogP contribution is 2.22. The van der Waals surface area contributed by atoms with E-state index < -0.39 is 0 Å². The average Bonchev–Trinajstić information content (AvgIpc) is 3.16. The number of H-pyrrole nitrogens is 1. The lowest BCUT2D eigenvalue weighted by atomic mass is 10.2. The molecular weight excluding hydrogens is 324 g/mol. The summed E-state index contributed by atoms with van der Waals surface area (Å²) in [4.78, 5) is 26.6. The van der Waals surface area contributed by atoms with E-state index in [1.54, 1.807) is 11.3 Å². The molecule has 3 heterocycles. The summed E-state index contributed by atoms with van der Waals surface area (Å²) in [6, 6.07) is 4.10. The second-order valence-corrected chi connectivity index (χ2v) is 7.79. The van der Waals surface area contributed by atoms with Crippen molar-refractivity contribution in [1.29, 1.82) is 0 Å². The van der Waals surface area contributed by atoms with Crippen molar-refractivity contribution in [3.63, 3.8) is 0 Å². The number of hydrogen-bond acceptors (Lipinski definition) is 5. The van der Waals surface area contributed by atoms with Crippen LogP contribution < -0.4 is 0 Å². The van der Waals surface area contributed by atoms with Gasteiger partial charge in [0, 0.05) is 34.7 Å². The predicted molar refractivity (Wildman–Crippen MR) is 94.0 cm³/mol. The van der Waals surface area contributed by atoms with Crippen LogP contribution >= 0.6 is 11.3 Å². The van der Waals surface area contributed by atoms with Gasteiger partial charge in [0.2, 0.25) is 5.91 Å². The van der Waals surface area contributed by atoms with Gasteiger partial charge < -0.3 is 19.5 Å². The third kappa shape index (κ3) is 4.23. The Labute approximate surface area is 146 Å². The number of carbonyl (C=O) groups excluding carboxylic acids is 1. The fourth-order valence-corrected chi connectivity index (χ4v) is 3.72. The summed E-state index contributed by atoms with van der Waals surface area (Å²) in [5, 5.41) is 0. The van der Waals surface area contributed by atoms with E-state index in [2.05, 4.69) is 27.9 Å². The van der Waals surface area contributed by atoms with Gasteiger partial charge in [-0.15, -0.1) is 11.3 Å². The summed E-state index contributed by atoms with van der Waals surface area (Å²) in [7, 11) is 4.04. The van der Waals surface area contributed by atoms with Crippen molar-refractivity contribution in [3.05, 3.63) is 39.6 Å². The molecule has 0 aliphatic carbocycles. The number of hydrogen-bond donors (Lipinski definition) is 1. The van der Waals surface area contributed by atoms with E-state index in [-0.39, 0.29) is 12.0 Å². The van der Waals surface area contributed by atoms with Crippen LogP contribution in [0.25, 0.3) is 0 Å². The smallest absolute Gasteiger partial charge is 0.228 e. The zero-order valence-electron chi connectivity index (χ0n) is 14.4. The van der Waals surface area contributed by atoms with Crippen molar-refractivity contribution >= 4 is 17.2 Å². The number of nitrogens with one attached hydrogen (secondary N) is 1. The highest BCUT2D eigenvalue weighted by atomic mass is 32.1. The van der Waals surface area contributed by atoms with E-state index in [0.717, 1.165) is 22.9 Å². The predicted octanol–water partition coefficient (Wildman–Crippen LogP) is 1.98. The molecular formula is C17H24N4O2S. The summed E-state index contributed by atoms with van der Waals surface area (Å²) in [6.07, 6.45) is 2.13. The lowest BCUT2D eigenvalue weighted by Gasteiger charge is -2.32. The molecule has 0 unspecified atom stereocenters. The van der Waals surface area contributed by atoms with E-state index in [0.29, 0.717) is 26.1 Å². The number of imidazole rings is 1. The van der Waals surface area contributed by atoms with Gasteiger partial charge in [0.25, 0.3) is 0 Å². The van der Waals surface area contributed by atoms with Crippen molar-refractivity contribution in [2.75, 3.05) is 33.8 Å². The molecule has 0 saturated carbocycles. The van der Waals surface area contributed by atoms with Gasteiger partial charge in [-0.2, -0.15) is 0 Å². The first-order chi connectivity index (χ1) is 11.5. The maximum atomic E-state index is 12.5. The normalized spacial score (nSPS) is 18.3. The van der Waals surface area contributed by atoms with Crippen LogP contribution in [0.15, 0.2) is 18.3 Å². The minimum Gasteiger partial charge on any atom is -0.367 e. The zero-order chi connectivity index (χ0) is 17.1. The molecule has 7 heteroatoms. The molecule has 1 saturated heterocycles. The first-order valence-corrected chi connectivity index (χ1v) is 8.96. The number of amides is 1. The van der Waals surface area contributed by atoms with E-state index in [9.17, 15) is 4.79 Å². The first kappa shape index (κ1) is 17.1. The van der Waals surface area contributed by atoms with Crippen molar-refractivity contribution in [3.8, 4) is 0 Å². The first-order valence-electron chi connectivity index (χ1n) is 8.14. The number of carbonyl (C=O) groups is 1. The highest BCUT2D eigenvalue weighted by molar-refractivity contribution is 7.12. The highest BCUT2D eigenvalue weighted by Gasteiger charge is 2.27. The van der Waals surface area contributed by atoms with Crippen LogP contribution in [0.3, 0.4) is 0 Å². The number of aromatic amines is 1. The molecule has 0 radical (unpaired) electrons. The second-order valence-electron chi connectivity index (χ2n) is 6.42. The number of rotatable bonds is 5. The second kappa shape index (κ2) is 7.46. The SMILES string of the molecule is Cc1ccc(CC(=O)N2CCO[C@@H](c3ncc(CN(C)C)[nH]3)C2)s1. The third-order valence-corrected chi connectivity index (χ3v) is 4.98. The molecule has 1 fully saturated rings. The van der Waals surface area contributed by atoms with Gasteiger partial charge in [0.1, 0.15) is 11.9 Å². The van der Waals surface area contributed by atoms with Crippen molar-refractivity contribution in [2.24, 2.45) is 0 Å². The van der Waals surface area contributed by atoms with Crippen molar-refractivity contribution in [2.45, 2.75) is 26.0 Å². The van der Waals surface area contributed by atoms with Crippen LogP contribution in [0.4, 0.5) is 0 Å². The van der Waals surface area contributed by atoms with Crippen LogP contribution in [-0.2, 0) is 22.5 Å². The molecule has 0 spiro atoms. The molecule has 1 aliphatic heterocycles. The molecule has 2 aromatic heterocycles. The Hall–Kier alpha value is -1.70. The minimum absolute atomic E-state index is 0.158. The van der Waals surface area contributed by atoms with E-state index in [4.69, 9.17) is 4.74 Å². The number of thiophene rings is 1. The van der Waals surface area contributed by atoms with Crippen LogP contribution in [0, 0.1) is 6.92 Å². The summed E-state index contributed by atoms with van der Waals surface area (Å²) in [5.74, 6) is 0.960. The van der Waals surface area contributed by atoms with Gasteiger partial charge >= 0.3 is 0 Å². The molecule has 6 nitrogen and oxygen atoms in total. The van der Waals surface area contributed by atoms with Gasteiger partial charge in [0.05, 0.1) is 19.6 Å². The monoisotopic (exact) mass is 348 g/mol. The number of nitrogens with zero attached hydrogens (tertiary/aromatic N) is 3. The maximum Gasteiger partial charge on any atom is 0.228 e. The van der Waals surface area contributed by atoms with Crippen molar-refractivity contribution < 1.29 is 9.53 Å². The Kier molecular flexibility index (Phi) is 5.33. The summed E-state index contributed by atoms with van der Waals surface area (Å²) in [6.45, 7) is 4.61. The Bertz CT molecular complexity index is 694. The summed E-state index contributed by atoms with van der Waals surface area (Å²) < 4.78 is 5.82. The zero-order valence-corrected chi connectivity index (χ0v) is 15.2. The molecule has 3 rings (SSSR count). The maximum absolute atomic E-state index is 12.5. The van der Waals surface area contributed by atoms with Gasteiger partial charge in [-0.1, -0.05) is 0 Å². The van der Waals surface area contributed by atoms with E-state index in [1.807, 2.05) is 31.3 Å². The molecule has 1 aliphatic rings. The van der Waals surface area contributed by atoms with Gasteiger partial charge in [0.15, 0.2) is 0 Å². The summed E-state index contributed by atoms with van der Waals surface area (Å²) >= 11 is 1.68. The fourth-order valence-electron chi connectivity index (χ4n) is 2.84. The number of aromatic nitrogens is 2. The molecule has 130 valence electrons. The fraction of sp³-hybridized carbons (Fsp3) is 0.529. The van der Waals surface area contributed by atoms with Gasteiger partial charge in [-0.3, -0.25) is 4.79 Å². The largest absolute Gasteiger partial charge is 0.367 e. The summed E-state index contributed by atoms with van der Waals surface area (Å²) in [5.41, 5.74) is 1.05. The minimum atomic E-state index is -0.177. The molecule has 1 N–H and O–H groups in total.